The Balaban J connectivity index is 1.62. The SMILES string of the molecule is C=C([C@H]1C[C@H](Nc2nc(-c3ccccc3O)nc3ccccc23)CN1)N(C)C(C)C. The Hall–Kier alpha value is -3.12. The number of nitrogens with one attached hydrogen (secondary N) is 2. The molecule has 1 fully saturated rings. The van der Waals surface area contributed by atoms with E-state index in [1.54, 1.807) is 12.1 Å². The molecular formula is C24H29N5O. The molecule has 2 aromatic carbocycles. The van der Waals surface area contributed by atoms with Crippen molar-refractivity contribution in [3.05, 3.63) is 60.8 Å². The minimum atomic E-state index is 0.175. The third-order valence-electron chi connectivity index (χ3n) is 5.85. The molecule has 1 aromatic heterocycles. The monoisotopic (exact) mass is 403 g/mol. The van der Waals surface area contributed by atoms with Gasteiger partial charge in [0.15, 0.2) is 5.82 Å². The van der Waals surface area contributed by atoms with E-state index in [0.29, 0.717) is 17.4 Å². The largest absolute Gasteiger partial charge is 0.507 e. The van der Waals surface area contributed by atoms with E-state index in [9.17, 15) is 5.11 Å². The molecule has 156 valence electrons. The molecule has 1 aliphatic heterocycles. The Kier molecular flexibility index (Phi) is 5.59. The van der Waals surface area contributed by atoms with E-state index < -0.39 is 0 Å². The van der Waals surface area contributed by atoms with Crippen molar-refractivity contribution in [2.24, 2.45) is 0 Å². The first-order valence-corrected chi connectivity index (χ1v) is 10.4. The van der Waals surface area contributed by atoms with Crippen LogP contribution >= 0.6 is 0 Å². The van der Waals surface area contributed by atoms with E-state index in [1.165, 1.54) is 0 Å². The standard InChI is InChI=1S/C24H29N5O/c1-15(2)29(4)16(3)21-13-17(14-25-21)26-23-18-9-5-7-11-20(18)27-24(28-23)19-10-6-8-12-22(19)30/h5-12,15,17,21,25,30H,3,13-14H2,1-2,4H3,(H,26,27,28)/t17-,21+/m0/s1. The van der Waals surface area contributed by atoms with Gasteiger partial charge in [-0.15, -0.1) is 0 Å². The fourth-order valence-electron chi connectivity index (χ4n) is 3.84. The van der Waals surface area contributed by atoms with Gasteiger partial charge in [-0.1, -0.05) is 30.8 Å². The molecule has 6 heteroatoms. The van der Waals surface area contributed by atoms with E-state index in [1.807, 2.05) is 36.4 Å². The number of benzene rings is 2. The number of likely N-dealkylation sites (N-methyl/N-ethyl adjacent to an activating group) is 1. The first-order chi connectivity index (χ1) is 14.4. The topological polar surface area (TPSA) is 73.3 Å². The van der Waals surface area contributed by atoms with E-state index in [4.69, 9.17) is 4.98 Å². The van der Waals surface area contributed by atoms with Crippen LogP contribution in [0.1, 0.15) is 20.3 Å². The maximum Gasteiger partial charge on any atom is 0.165 e. The Bertz CT molecular complexity index is 1060. The van der Waals surface area contributed by atoms with Crippen LogP contribution in [0.15, 0.2) is 60.8 Å². The van der Waals surface area contributed by atoms with Gasteiger partial charge in [-0.3, -0.25) is 0 Å². The smallest absolute Gasteiger partial charge is 0.165 e. The second-order valence-corrected chi connectivity index (χ2v) is 8.16. The van der Waals surface area contributed by atoms with Crippen LogP contribution < -0.4 is 10.6 Å². The van der Waals surface area contributed by atoms with Gasteiger partial charge in [-0.25, -0.2) is 9.97 Å². The fourth-order valence-corrected chi connectivity index (χ4v) is 3.84. The van der Waals surface area contributed by atoms with Crippen LogP contribution in [0, 0.1) is 0 Å². The molecule has 2 heterocycles. The molecule has 0 bridgehead atoms. The Morgan fingerprint density at radius 3 is 2.67 bits per heavy atom. The van der Waals surface area contributed by atoms with Gasteiger partial charge >= 0.3 is 0 Å². The lowest BCUT2D eigenvalue weighted by molar-refractivity contribution is 0.316. The van der Waals surface area contributed by atoms with Crippen LogP contribution in [-0.4, -0.2) is 51.7 Å². The van der Waals surface area contributed by atoms with Gasteiger partial charge in [-0.2, -0.15) is 0 Å². The molecule has 0 amide bonds. The van der Waals surface area contributed by atoms with Crippen molar-refractivity contribution in [2.75, 3.05) is 18.9 Å². The fraction of sp³-hybridized carbons (Fsp3) is 0.333. The van der Waals surface area contributed by atoms with Crippen molar-refractivity contribution in [3.8, 4) is 17.1 Å². The summed E-state index contributed by atoms with van der Waals surface area (Å²) in [5, 5.41) is 18.4. The molecule has 2 atom stereocenters. The molecule has 1 saturated heterocycles. The second-order valence-electron chi connectivity index (χ2n) is 8.16. The minimum Gasteiger partial charge on any atom is -0.507 e. The number of hydrogen-bond donors (Lipinski definition) is 3. The number of nitrogens with zero attached hydrogens (tertiary/aromatic N) is 3. The zero-order valence-electron chi connectivity index (χ0n) is 17.8. The third kappa shape index (κ3) is 3.96. The zero-order chi connectivity index (χ0) is 21.3. The molecule has 6 nitrogen and oxygen atoms in total. The molecule has 0 spiro atoms. The summed E-state index contributed by atoms with van der Waals surface area (Å²) < 4.78 is 0. The lowest BCUT2D eigenvalue weighted by Gasteiger charge is -2.29. The summed E-state index contributed by atoms with van der Waals surface area (Å²) in [4.78, 5) is 11.7. The van der Waals surface area contributed by atoms with Gasteiger partial charge in [0.25, 0.3) is 0 Å². The molecule has 0 radical (unpaired) electrons. The molecule has 3 N–H and O–H groups in total. The first-order valence-electron chi connectivity index (χ1n) is 10.4. The van der Waals surface area contributed by atoms with E-state index >= 15 is 0 Å². The van der Waals surface area contributed by atoms with Crippen molar-refractivity contribution in [1.82, 2.24) is 20.2 Å². The highest BCUT2D eigenvalue weighted by molar-refractivity contribution is 5.91. The number of phenols is 1. The number of para-hydroxylation sites is 2. The number of aromatic hydroxyl groups is 1. The lowest BCUT2D eigenvalue weighted by atomic mass is 10.1. The summed E-state index contributed by atoms with van der Waals surface area (Å²) in [5.41, 5.74) is 2.58. The summed E-state index contributed by atoms with van der Waals surface area (Å²) >= 11 is 0. The molecule has 0 aliphatic carbocycles. The molecule has 0 saturated carbocycles. The Labute approximate surface area is 177 Å². The maximum absolute atomic E-state index is 10.3. The molecule has 3 aromatic rings. The zero-order valence-corrected chi connectivity index (χ0v) is 17.8. The predicted octanol–water partition coefficient (Wildman–Crippen LogP) is 4.00. The van der Waals surface area contributed by atoms with Gasteiger partial charge < -0.3 is 20.6 Å². The van der Waals surface area contributed by atoms with Gasteiger partial charge in [0.05, 0.1) is 11.1 Å². The van der Waals surface area contributed by atoms with E-state index in [-0.39, 0.29) is 17.8 Å². The van der Waals surface area contributed by atoms with Crippen molar-refractivity contribution >= 4 is 16.7 Å². The predicted molar refractivity (Wildman–Crippen MR) is 122 cm³/mol. The van der Waals surface area contributed by atoms with Gasteiger partial charge in [0, 0.05) is 42.8 Å². The van der Waals surface area contributed by atoms with E-state index in [2.05, 4.69) is 48.0 Å². The number of rotatable bonds is 6. The second kappa shape index (κ2) is 8.32. The van der Waals surface area contributed by atoms with Gasteiger partial charge in [0.1, 0.15) is 11.6 Å². The molecule has 1 aliphatic rings. The van der Waals surface area contributed by atoms with Crippen LogP contribution in [0.25, 0.3) is 22.3 Å². The van der Waals surface area contributed by atoms with Crippen molar-refractivity contribution in [1.29, 1.82) is 0 Å². The number of phenolic OH excluding ortho intramolecular Hbond substituents is 1. The molecule has 4 rings (SSSR count). The average molecular weight is 404 g/mol. The van der Waals surface area contributed by atoms with Crippen LogP contribution in [0.2, 0.25) is 0 Å². The maximum atomic E-state index is 10.3. The minimum absolute atomic E-state index is 0.175. The highest BCUT2D eigenvalue weighted by atomic mass is 16.3. The van der Waals surface area contributed by atoms with Crippen LogP contribution in [-0.2, 0) is 0 Å². The number of fused-ring (bicyclic) bond motifs is 1. The highest BCUT2D eigenvalue weighted by Gasteiger charge is 2.28. The van der Waals surface area contributed by atoms with Gasteiger partial charge in [0.2, 0.25) is 0 Å². The van der Waals surface area contributed by atoms with Crippen LogP contribution in [0.3, 0.4) is 0 Å². The molecule has 30 heavy (non-hydrogen) atoms. The first kappa shape index (κ1) is 20.2. The highest BCUT2D eigenvalue weighted by Crippen LogP contribution is 2.31. The summed E-state index contributed by atoms with van der Waals surface area (Å²) in [6.45, 7) is 9.47. The van der Waals surface area contributed by atoms with Crippen molar-refractivity contribution in [2.45, 2.75) is 38.4 Å². The summed E-state index contributed by atoms with van der Waals surface area (Å²) in [6.07, 6.45) is 0.931. The number of aromatic nitrogens is 2. The van der Waals surface area contributed by atoms with Crippen LogP contribution in [0.5, 0.6) is 5.75 Å². The summed E-state index contributed by atoms with van der Waals surface area (Å²) in [5.74, 6) is 1.48. The summed E-state index contributed by atoms with van der Waals surface area (Å²) in [6, 6.07) is 16.0. The third-order valence-corrected chi connectivity index (χ3v) is 5.85. The average Bonchev–Trinajstić information content (AvgIpc) is 3.21. The van der Waals surface area contributed by atoms with Crippen molar-refractivity contribution in [3.63, 3.8) is 0 Å². The molecular weight excluding hydrogens is 374 g/mol. The summed E-state index contributed by atoms with van der Waals surface area (Å²) in [7, 11) is 2.09. The molecule has 0 unspecified atom stereocenters. The van der Waals surface area contributed by atoms with Crippen LogP contribution in [0.4, 0.5) is 5.82 Å². The Morgan fingerprint density at radius 1 is 1.17 bits per heavy atom. The van der Waals surface area contributed by atoms with Crippen molar-refractivity contribution < 1.29 is 5.11 Å². The Morgan fingerprint density at radius 2 is 1.90 bits per heavy atom. The number of anilines is 1. The van der Waals surface area contributed by atoms with Gasteiger partial charge in [-0.05, 0) is 44.5 Å². The lowest BCUT2D eigenvalue weighted by Crippen LogP contribution is -2.35. The number of hydrogen-bond acceptors (Lipinski definition) is 6. The quantitative estimate of drug-likeness (QED) is 0.578. The normalized spacial score (nSPS) is 18.7. The van der Waals surface area contributed by atoms with E-state index in [0.717, 1.165) is 35.4 Å².